The van der Waals surface area contributed by atoms with Crippen LogP contribution in [0.1, 0.15) is 40.0 Å². The summed E-state index contributed by atoms with van der Waals surface area (Å²) in [5.41, 5.74) is -0.218. The summed E-state index contributed by atoms with van der Waals surface area (Å²) in [6.45, 7) is 6.68. The van der Waals surface area contributed by atoms with Crippen LogP contribution in [0.15, 0.2) is 12.2 Å². The minimum absolute atomic E-state index is 0.0252. The van der Waals surface area contributed by atoms with Crippen LogP contribution in [0, 0.1) is 40.9 Å². The third kappa shape index (κ3) is 1.64. The maximum atomic E-state index is 12.2. The molecular formula is C17H26O2. The molecule has 0 aliphatic heterocycles. The van der Waals surface area contributed by atoms with Gasteiger partial charge in [-0.2, -0.15) is 0 Å². The number of hydrogen-bond acceptors (Lipinski definition) is 2. The van der Waals surface area contributed by atoms with Crippen molar-refractivity contribution in [3.05, 3.63) is 12.2 Å². The molecule has 0 aromatic carbocycles. The van der Waals surface area contributed by atoms with E-state index in [1.807, 2.05) is 0 Å². The van der Waals surface area contributed by atoms with Crippen molar-refractivity contribution in [2.24, 2.45) is 40.9 Å². The fraction of sp³-hybridized carbons (Fsp3) is 0.824. The molecule has 7 unspecified atom stereocenters. The molecule has 0 saturated heterocycles. The second-order valence-electron chi connectivity index (χ2n) is 7.27. The van der Waals surface area contributed by atoms with Gasteiger partial charge in [0.25, 0.3) is 0 Å². The molecule has 2 nitrogen and oxygen atoms in total. The van der Waals surface area contributed by atoms with Crippen molar-refractivity contribution in [2.75, 3.05) is 7.11 Å². The lowest BCUT2D eigenvalue weighted by Gasteiger charge is -2.40. The number of fused-ring (bicyclic) bond motifs is 5. The Labute approximate surface area is 116 Å². The molecule has 3 rings (SSSR count). The molecule has 2 bridgehead atoms. The molecule has 0 amide bonds. The fourth-order valence-corrected chi connectivity index (χ4v) is 5.92. The van der Waals surface area contributed by atoms with Crippen LogP contribution in [0.3, 0.4) is 0 Å². The van der Waals surface area contributed by atoms with Crippen LogP contribution < -0.4 is 0 Å². The first-order valence-electron chi connectivity index (χ1n) is 7.74. The number of rotatable bonds is 2. The van der Waals surface area contributed by atoms with Gasteiger partial charge in [0.2, 0.25) is 0 Å². The number of allylic oxidation sites excluding steroid dienone is 2. The second-order valence-corrected chi connectivity index (χ2v) is 7.27. The lowest BCUT2D eigenvalue weighted by atomic mass is 9.64. The Kier molecular flexibility index (Phi) is 3.03. The molecule has 106 valence electrons. The van der Waals surface area contributed by atoms with E-state index < -0.39 is 0 Å². The number of carbonyl (C=O) groups is 1. The molecule has 3 aliphatic rings. The molecule has 0 radical (unpaired) electrons. The van der Waals surface area contributed by atoms with E-state index in [1.165, 1.54) is 20.0 Å². The molecule has 3 saturated carbocycles. The van der Waals surface area contributed by atoms with Crippen LogP contribution >= 0.6 is 0 Å². The van der Waals surface area contributed by atoms with E-state index in [0.717, 1.165) is 24.2 Å². The molecule has 3 fully saturated rings. The molecular weight excluding hydrogens is 236 g/mol. The van der Waals surface area contributed by atoms with E-state index in [2.05, 4.69) is 32.9 Å². The van der Waals surface area contributed by atoms with Gasteiger partial charge >= 0.3 is 5.97 Å². The van der Waals surface area contributed by atoms with E-state index in [0.29, 0.717) is 17.8 Å². The van der Waals surface area contributed by atoms with Gasteiger partial charge in [0.15, 0.2) is 0 Å². The summed E-state index contributed by atoms with van der Waals surface area (Å²) in [6, 6.07) is 0. The van der Waals surface area contributed by atoms with Crippen molar-refractivity contribution >= 4 is 5.97 Å². The van der Waals surface area contributed by atoms with Crippen LogP contribution in [0.5, 0.6) is 0 Å². The minimum atomic E-state index is -0.218. The monoisotopic (exact) mass is 262 g/mol. The number of hydrogen-bond donors (Lipinski definition) is 0. The Morgan fingerprint density at radius 1 is 1.32 bits per heavy atom. The molecule has 3 aliphatic carbocycles. The predicted octanol–water partition coefficient (Wildman–Crippen LogP) is 3.67. The molecule has 0 N–H and O–H groups in total. The van der Waals surface area contributed by atoms with Gasteiger partial charge in [0, 0.05) is 0 Å². The Hall–Kier alpha value is -0.790. The smallest absolute Gasteiger partial charge is 0.311 e. The average Bonchev–Trinajstić information content (AvgIpc) is 3.00. The first kappa shape index (κ1) is 13.2. The normalized spacial score (nSPS) is 51.8. The molecule has 0 spiro atoms. The molecule has 7 atom stereocenters. The van der Waals surface area contributed by atoms with Crippen molar-refractivity contribution in [2.45, 2.75) is 40.0 Å². The predicted molar refractivity (Wildman–Crippen MR) is 75.4 cm³/mol. The average molecular weight is 262 g/mol. The van der Waals surface area contributed by atoms with Crippen molar-refractivity contribution in [3.8, 4) is 0 Å². The van der Waals surface area contributed by atoms with Gasteiger partial charge in [-0.05, 0) is 68.6 Å². The van der Waals surface area contributed by atoms with Crippen LogP contribution in [-0.4, -0.2) is 13.1 Å². The molecule has 19 heavy (non-hydrogen) atoms. The maximum Gasteiger partial charge on any atom is 0.311 e. The van der Waals surface area contributed by atoms with E-state index in [1.54, 1.807) is 0 Å². The van der Waals surface area contributed by atoms with Crippen molar-refractivity contribution < 1.29 is 9.53 Å². The van der Waals surface area contributed by atoms with E-state index in [-0.39, 0.29) is 11.4 Å². The Morgan fingerprint density at radius 3 is 2.68 bits per heavy atom. The van der Waals surface area contributed by atoms with Gasteiger partial charge in [-0.1, -0.05) is 19.1 Å². The first-order valence-corrected chi connectivity index (χ1v) is 7.74. The van der Waals surface area contributed by atoms with Gasteiger partial charge in [0.05, 0.1) is 12.5 Å². The Bertz CT molecular complexity index is 413. The highest BCUT2D eigenvalue weighted by atomic mass is 16.5. The summed E-state index contributed by atoms with van der Waals surface area (Å²) in [5, 5.41) is 0. The summed E-state index contributed by atoms with van der Waals surface area (Å²) in [6.07, 6.45) is 8.20. The summed E-state index contributed by atoms with van der Waals surface area (Å²) >= 11 is 0. The van der Waals surface area contributed by atoms with Crippen LogP contribution in [0.2, 0.25) is 0 Å². The van der Waals surface area contributed by atoms with Gasteiger partial charge in [-0.3, -0.25) is 4.79 Å². The summed E-state index contributed by atoms with van der Waals surface area (Å²) in [5.74, 6) is 4.40. The lowest BCUT2D eigenvalue weighted by Crippen LogP contribution is -2.42. The standard InChI is InChI=1S/C17H26O2/c1-5-6-11-7-10(2)14-12-8-13(15(11)14)17(3,9-12)16(18)19-4/h5-6,10-15H,7-9H2,1-4H3/b6-5+. The Balaban J connectivity index is 1.92. The van der Waals surface area contributed by atoms with Gasteiger partial charge in [0.1, 0.15) is 0 Å². The zero-order chi connectivity index (χ0) is 13.8. The topological polar surface area (TPSA) is 26.3 Å². The summed E-state index contributed by atoms with van der Waals surface area (Å²) in [7, 11) is 1.54. The van der Waals surface area contributed by atoms with Crippen molar-refractivity contribution in [3.63, 3.8) is 0 Å². The zero-order valence-electron chi connectivity index (χ0n) is 12.6. The molecule has 0 aromatic heterocycles. The van der Waals surface area contributed by atoms with Crippen LogP contribution in [0.4, 0.5) is 0 Å². The third-order valence-corrected chi connectivity index (χ3v) is 6.40. The number of methoxy groups -OCH3 is 1. The highest BCUT2D eigenvalue weighted by molar-refractivity contribution is 5.77. The summed E-state index contributed by atoms with van der Waals surface area (Å²) < 4.78 is 5.10. The number of carbonyl (C=O) groups excluding carboxylic acids is 1. The second kappa shape index (κ2) is 4.36. The van der Waals surface area contributed by atoms with Crippen molar-refractivity contribution in [1.82, 2.24) is 0 Å². The van der Waals surface area contributed by atoms with E-state index in [9.17, 15) is 4.79 Å². The quantitative estimate of drug-likeness (QED) is 0.560. The van der Waals surface area contributed by atoms with E-state index in [4.69, 9.17) is 4.74 Å². The van der Waals surface area contributed by atoms with Crippen LogP contribution in [-0.2, 0) is 9.53 Å². The molecule has 0 heterocycles. The van der Waals surface area contributed by atoms with E-state index >= 15 is 0 Å². The van der Waals surface area contributed by atoms with Gasteiger partial charge < -0.3 is 4.74 Å². The molecule has 2 heteroatoms. The SMILES string of the molecule is C/C=C/C1CC(C)C2C3CC(C12)C(C)(C(=O)OC)C3. The summed E-state index contributed by atoms with van der Waals surface area (Å²) in [4.78, 5) is 12.2. The van der Waals surface area contributed by atoms with Gasteiger partial charge in [-0.25, -0.2) is 0 Å². The largest absolute Gasteiger partial charge is 0.469 e. The highest BCUT2D eigenvalue weighted by Gasteiger charge is 2.65. The fourth-order valence-electron chi connectivity index (χ4n) is 5.92. The number of esters is 1. The molecule has 0 aromatic rings. The van der Waals surface area contributed by atoms with Crippen molar-refractivity contribution in [1.29, 1.82) is 0 Å². The third-order valence-electron chi connectivity index (χ3n) is 6.40. The Morgan fingerprint density at radius 2 is 2.05 bits per heavy atom. The maximum absolute atomic E-state index is 12.2. The lowest BCUT2D eigenvalue weighted by molar-refractivity contribution is -0.157. The zero-order valence-corrected chi connectivity index (χ0v) is 12.6. The minimum Gasteiger partial charge on any atom is -0.469 e. The highest BCUT2D eigenvalue weighted by Crippen LogP contribution is 2.68. The van der Waals surface area contributed by atoms with Crippen LogP contribution in [0.25, 0.3) is 0 Å². The number of ether oxygens (including phenoxy) is 1. The van der Waals surface area contributed by atoms with Gasteiger partial charge in [-0.15, -0.1) is 0 Å². The first-order chi connectivity index (χ1) is 9.02.